The zero-order chi connectivity index (χ0) is 15.6. The molecule has 3 heteroatoms. The first-order valence-electron chi connectivity index (χ1n) is 7.97. The van der Waals surface area contributed by atoms with Gasteiger partial charge in [-0.25, -0.2) is 0 Å². The largest absolute Gasteiger partial charge is 0.380 e. The second-order valence-corrected chi connectivity index (χ2v) is 7.55. The molecule has 0 fully saturated rings. The summed E-state index contributed by atoms with van der Waals surface area (Å²) in [6.07, 6.45) is 1.09. The van der Waals surface area contributed by atoms with Crippen LogP contribution in [0.2, 0.25) is 5.02 Å². The molecule has 1 aromatic carbocycles. The van der Waals surface area contributed by atoms with Gasteiger partial charge in [0.05, 0.1) is 6.61 Å². The van der Waals surface area contributed by atoms with Crippen molar-refractivity contribution in [2.75, 3.05) is 13.2 Å². The van der Waals surface area contributed by atoms with Crippen LogP contribution < -0.4 is 5.32 Å². The van der Waals surface area contributed by atoms with E-state index in [0.717, 1.165) is 24.7 Å². The molecule has 0 saturated carbocycles. The second-order valence-electron chi connectivity index (χ2n) is 7.12. The lowest BCUT2D eigenvalue weighted by molar-refractivity contribution is 0.0932. The number of ether oxygens (including phenoxy) is 1. The number of nitrogens with one attached hydrogen (secondary N) is 1. The van der Waals surface area contributed by atoms with Gasteiger partial charge in [0.2, 0.25) is 0 Å². The minimum absolute atomic E-state index is 0.201. The molecule has 0 aliphatic heterocycles. The fourth-order valence-corrected chi connectivity index (χ4v) is 3.40. The molecule has 2 atom stereocenters. The third-order valence-corrected chi connectivity index (χ3v) is 4.77. The Morgan fingerprint density at radius 1 is 1.38 bits per heavy atom. The molecule has 2 rings (SSSR count). The highest BCUT2D eigenvalue weighted by Gasteiger charge is 2.40. The Bertz CT molecular complexity index is 484. The molecule has 1 aliphatic rings. The number of fused-ring (bicyclic) bond motifs is 1. The van der Waals surface area contributed by atoms with Crippen LogP contribution in [0, 0.1) is 11.3 Å². The molecule has 118 valence electrons. The summed E-state index contributed by atoms with van der Waals surface area (Å²) in [5, 5.41) is 4.66. The smallest absolute Gasteiger partial charge is 0.0622 e. The molecular formula is C18H28ClNO. The highest BCUT2D eigenvalue weighted by Crippen LogP contribution is 2.46. The van der Waals surface area contributed by atoms with Gasteiger partial charge in [0.1, 0.15) is 0 Å². The van der Waals surface area contributed by atoms with Crippen molar-refractivity contribution in [3.05, 3.63) is 34.3 Å². The Morgan fingerprint density at radius 2 is 2.10 bits per heavy atom. The summed E-state index contributed by atoms with van der Waals surface area (Å²) in [4.78, 5) is 0. The van der Waals surface area contributed by atoms with Gasteiger partial charge in [0.25, 0.3) is 0 Å². The van der Waals surface area contributed by atoms with Crippen molar-refractivity contribution >= 4 is 11.6 Å². The van der Waals surface area contributed by atoms with E-state index in [1.807, 2.05) is 13.0 Å². The summed E-state index contributed by atoms with van der Waals surface area (Å²) >= 11 is 6.21. The van der Waals surface area contributed by atoms with Crippen LogP contribution in [0.5, 0.6) is 0 Å². The monoisotopic (exact) mass is 309 g/mol. The lowest BCUT2D eigenvalue weighted by Gasteiger charge is -2.34. The first-order valence-corrected chi connectivity index (χ1v) is 8.35. The molecule has 1 aromatic rings. The predicted octanol–water partition coefficient (Wildman–Crippen LogP) is 4.61. The molecule has 21 heavy (non-hydrogen) atoms. The van der Waals surface area contributed by atoms with Crippen molar-refractivity contribution < 1.29 is 4.74 Å². The number of halogens is 1. The Labute approximate surface area is 134 Å². The fraction of sp³-hybridized carbons (Fsp3) is 0.667. The molecule has 0 heterocycles. The summed E-state index contributed by atoms with van der Waals surface area (Å²) in [5.74, 6) is 0.538. The van der Waals surface area contributed by atoms with Crippen molar-refractivity contribution in [2.45, 2.75) is 53.1 Å². The van der Waals surface area contributed by atoms with Gasteiger partial charge in [-0.1, -0.05) is 45.4 Å². The van der Waals surface area contributed by atoms with Crippen LogP contribution in [0.15, 0.2) is 18.2 Å². The van der Waals surface area contributed by atoms with E-state index in [1.165, 1.54) is 11.1 Å². The van der Waals surface area contributed by atoms with Crippen LogP contribution in [0.25, 0.3) is 0 Å². The molecule has 0 bridgehead atoms. The Hall–Kier alpha value is -0.570. The lowest BCUT2D eigenvalue weighted by Crippen LogP contribution is -2.44. The molecule has 2 nitrogen and oxygen atoms in total. The van der Waals surface area contributed by atoms with E-state index in [4.69, 9.17) is 16.3 Å². The van der Waals surface area contributed by atoms with Crippen LogP contribution in [0.3, 0.4) is 0 Å². The molecule has 1 aliphatic carbocycles. The van der Waals surface area contributed by atoms with Crippen LogP contribution in [-0.2, 0) is 11.2 Å². The predicted molar refractivity (Wildman–Crippen MR) is 89.9 cm³/mol. The summed E-state index contributed by atoms with van der Waals surface area (Å²) in [6, 6.07) is 6.99. The topological polar surface area (TPSA) is 21.3 Å². The minimum Gasteiger partial charge on any atom is -0.380 e. The molecule has 0 radical (unpaired) electrons. The quantitative estimate of drug-likeness (QED) is 0.828. The molecule has 0 saturated heterocycles. The van der Waals surface area contributed by atoms with Gasteiger partial charge < -0.3 is 10.1 Å². The number of rotatable bonds is 6. The summed E-state index contributed by atoms with van der Waals surface area (Å²) in [6.45, 7) is 12.7. The van der Waals surface area contributed by atoms with Crippen molar-refractivity contribution in [3.8, 4) is 0 Å². The minimum atomic E-state index is 0.201. The Kier molecular flexibility index (Phi) is 5.34. The number of hydrogen-bond donors (Lipinski definition) is 1. The van der Waals surface area contributed by atoms with Crippen LogP contribution in [-0.4, -0.2) is 19.3 Å². The highest BCUT2D eigenvalue weighted by molar-refractivity contribution is 6.30. The van der Waals surface area contributed by atoms with Crippen LogP contribution in [0.4, 0.5) is 0 Å². The highest BCUT2D eigenvalue weighted by atomic mass is 35.5. The molecule has 0 spiro atoms. The van der Waals surface area contributed by atoms with Crippen molar-refractivity contribution in [3.63, 3.8) is 0 Å². The van der Waals surface area contributed by atoms with Crippen molar-refractivity contribution in [2.24, 2.45) is 11.3 Å². The van der Waals surface area contributed by atoms with Crippen molar-refractivity contribution in [1.82, 2.24) is 5.32 Å². The van der Waals surface area contributed by atoms with E-state index in [0.29, 0.717) is 18.0 Å². The fourth-order valence-electron chi connectivity index (χ4n) is 3.22. The van der Waals surface area contributed by atoms with Gasteiger partial charge in [-0.2, -0.15) is 0 Å². The maximum absolute atomic E-state index is 6.21. The third kappa shape index (κ3) is 3.80. The Balaban J connectivity index is 2.23. The standard InChI is InChI=1S/C18H28ClNO/c1-6-21-11-16(12(2)3)20-17-15-9-14(19)8-7-13(15)10-18(17,4)5/h7-9,12,16-17,20H,6,10-11H2,1-5H3. The zero-order valence-corrected chi connectivity index (χ0v) is 14.6. The van der Waals surface area contributed by atoms with Crippen molar-refractivity contribution in [1.29, 1.82) is 0 Å². The molecule has 2 unspecified atom stereocenters. The van der Waals surface area contributed by atoms with Crippen LogP contribution >= 0.6 is 11.6 Å². The van der Waals surface area contributed by atoms with E-state index in [2.05, 4.69) is 45.1 Å². The van der Waals surface area contributed by atoms with E-state index in [-0.39, 0.29) is 5.41 Å². The second kappa shape index (κ2) is 6.68. The SMILES string of the molecule is CCOCC(NC1c2cc(Cl)ccc2CC1(C)C)C(C)C. The van der Waals surface area contributed by atoms with Gasteiger partial charge in [0.15, 0.2) is 0 Å². The molecule has 0 amide bonds. The maximum Gasteiger partial charge on any atom is 0.0622 e. The Morgan fingerprint density at radius 3 is 2.71 bits per heavy atom. The van der Waals surface area contributed by atoms with E-state index >= 15 is 0 Å². The number of hydrogen-bond acceptors (Lipinski definition) is 2. The van der Waals surface area contributed by atoms with Gasteiger partial charge in [0, 0.05) is 23.7 Å². The van der Waals surface area contributed by atoms with Gasteiger partial charge in [-0.15, -0.1) is 0 Å². The van der Waals surface area contributed by atoms with E-state index in [9.17, 15) is 0 Å². The van der Waals surface area contributed by atoms with Gasteiger partial charge in [-0.05, 0) is 47.9 Å². The van der Waals surface area contributed by atoms with Gasteiger partial charge in [-0.3, -0.25) is 0 Å². The molecule has 0 aromatic heterocycles. The average molecular weight is 310 g/mol. The van der Waals surface area contributed by atoms with Crippen LogP contribution in [0.1, 0.15) is 51.8 Å². The van der Waals surface area contributed by atoms with E-state index < -0.39 is 0 Å². The molecule has 1 N–H and O–H groups in total. The van der Waals surface area contributed by atoms with Gasteiger partial charge >= 0.3 is 0 Å². The number of benzene rings is 1. The zero-order valence-electron chi connectivity index (χ0n) is 13.9. The third-order valence-electron chi connectivity index (χ3n) is 4.53. The normalized spacial score (nSPS) is 21.6. The summed E-state index contributed by atoms with van der Waals surface area (Å²) in [7, 11) is 0. The first kappa shape index (κ1) is 16.8. The molecular weight excluding hydrogens is 282 g/mol. The maximum atomic E-state index is 6.21. The van der Waals surface area contributed by atoms with E-state index in [1.54, 1.807) is 0 Å². The summed E-state index contributed by atoms with van der Waals surface area (Å²) < 4.78 is 5.66. The lowest BCUT2D eigenvalue weighted by atomic mass is 9.84. The average Bonchev–Trinajstić information content (AvgIpc) is 2.64. The first-order chi connectivity index (χ1) is 9.85. The summed E-state index contributed by atoms with van der Waals surface area (Å²) in [5.41, 5.74) is 2.97.